The zero-order valence-electron chi connectivity index (χ0n) is 12.5. The quantitative estimate of drug-likeness (QED) is 0.918. The predicted molar refractivity (Wildman–Crippen MR) is 84.3 cm³/mol. The van der Waals surface area contributed by atoms with Crippen molar-refractivity contribution >= 4 is 33.3 Å². The Morgan fingerprint density at radius 3 is 2.76 bits per heavy atom. The summed E-state index contributed by atoms with van der Waals surface area (Å²) in [7, 11) is 0. The molecule has 2 heterocycles. The second kappa shape index (κ2) is 5.26. The molecule has 5 nitrogen and oxygen atoms in total. The summed E-state index contributed by atoms with van der Waals surface area (Å²) >= 11 is 1.24. The lowest BCUT2D eigenvalue weighted by Gasteiger charge is -2.26. The molecule has 0 amide bonds. The molecule has 1 aliphatic rings. The Bertz CT molecular complexity index is 692. The monoisotopic (exact) mass is 305 g/mol. The largest absolute Gasteiger partial charge is 0.477 e. The molecular weight excluding hydrogens is 286 g/mol. The van der Waals surface area contributed by atoms with Gasteiger partial charge in [-0.05, 0) is 31.2 Å². The second-order valence-electron chi connectivity index (χ2n) is 6.02. The summed E-state index contributed by atoms with van der Waals surface area (Å²) in [4.78, 5) is 23.6. The van der Waals surface area contributed by atoms with Crippen molar-refractivity contribution in [2.45, 2.75) is 39.7 Å². The van der Waals surface area contributed by atoms with E-state index in [-0.39, 0.29) is 0 Å². The Morgan fingerprint density at radius 1 is 1.48 bits per heavy atom. The van der Waals surface area contributed by atoms with Gasteiger partial charge < -0.3 is 10.0 Å². The molecule has 0 bridgehead atoms. The number of carboxylic acids is 1. The molecule has 0 saturated heterocycles. The van der Waals surface area contributed by atoms with E-state index in [1.54, 1.807) is 6.33 Å². The van der Waals surface area contributed by atoms with E-state index in [4.69, 9.17) is 0 Å². The fraction of sp³-hybridized carbons (Fsp3) is 0.533. The van der Waals surface area contributed by atoms with Crippen LogP contribution in [-0.2, 0) is 0 Å². The lowest BCUT2D eigenvalue weighted by atomic mass is 10.1. The first-order valence-corrected chi connectivity index (χ1v) is 8.04. The highest BCUT2D eigenvalue weighted by Gasteiger charge is 2.32. The van der Waals surface area contributed by atoms with Crippen molar-refractivity contribution in [3.8, 4) is 0 Å². The zero-order chi connectivity index (χ0) is 15.1. The molecule has 1 saturated carbocycles. The van der Waals surface area contributed by atoms with Gasteiger partial charge in [0.05, 0.1) is 5.39 Å². The minimum Gasteiger partial charge on any atom is -0.477 e. The molecule has 1 fully saturated rings. The van der Waals surface area contributed by atoms with Crippen LogP contribution in [0.15, 0.2) is 6.33 Å². The summed E-state index contributed by atoms with van der Waals surface area (Å²) in [5.74, 6) is 0.550. The average Bonchev–Trinajstić information content (AvgIpc) is 3.20. The fourth-order valence-corrected chi connectivity index (χ4v) is 3.64. The van der Waals surface area contributed by atoms with Gasteiger partial charge in [0.25, 0.3) is 0 Å². The first-order valence-electron chi connectivity index (χ1n) is 7.23. The highest BCUT2D eigenvalue weighted by Crippen LogP contribution is 2.39. The summed E-state index contributed by atoms with van der Waals surface area (Å²) in [6.45, 7) is 7.18. The topological polar surface area (TPSA) is 66.3 Å². The smallest absolute Gasteiger partial charge is 0.346 e. The van der Waals surface area contributed by atoms with E-state index in [0.29, 0.717) is 16.8 Å². The number of aromatic carboxylic acids is 1. The molecule has 0 unspecified atom stereocenters. The Kier molecular flexibility index (Phi) is 3.57. The van der Waals surface area contributed by atoms with Gasteiger partial charge in [-0.15, -0.1) is 11.3 Å². The Balaban J connectivity index is 2.14. The number of rotatable bonds is 5. The molecule has 1 N–H and O–H groups in total. The zero-order valence-corrected chi connectivity index (χ0v) is 13.3. The normalized spacial score (nSPS) is 14.9. The molecule has 0 aliphatic heterocycles. The molecular formula is C15H19N3O2S. The molecule has 6 heteroatoms. The first kappa shape index (κ1) is 14.3. The highest BCUT2D eigenvalue weighted by molar-refractivity contribution is 7.20. The van der Waals surface area contributed by atoms with E-state index in [9.17, 15) is 9.90 Å². The minimum atomic E-state index is -0.886. The van der Waals surface area contributed by atoms with E-state index in [1.165, 1.54) is 24.2 Å². The highest BCUT2D eigenvalue weighted by atomic mass is 32.1. The Labute approximate surface area is 127 Å². The van der Waals surface area contributed by atoms with E-state index in [1.807, 2.05) is 6.92 Å². The SMILES string of the molecule is Cc1c(C(=O)O)sc2ncnc(N(CC(C)C)C3CC3)c12. The number of carbonyl (C=O) groups is 1. The molecule has 2 aromatic heterocycles. The van der Waals surface area contributed by atoms with Crippen molar-refractivity contribution in [2.75, 3.05) is 11.4 Å². The number of aryl methyl sites for hydroxylation is 1. The number of aromatic nitrogens is 2. The van der Waals surface area contributed by atoms with Crippen LogP contribution in [0.1, 0.15) is 41.9 Å². The van der Waals surface area contributed by atoms with E-state index < -0.39 is 5.97 Å². The Hall–Kier alpha value is -1.69. The van der Waals surface area contributed by atoms with Gasteiger partial charge in [0.1, 0.15) is 21.9 Å². The van der Waals surface area contributed by atoms with Crippen LogP contribution in [0.4, 0.5) is 5.82 Å². The van der Waals surface area contributed by atoms with Crippen LogP contribution < -0.4 is 4.90 Å². The summed E-state index contributed by atoms with van der Waals surface area (Å²) in [6.07, 6.45) is 3.93. The van der Waals surface area contributed by atoms with E-state index in [0.717, 1.165) is 28.1 Å². The third-order valence-electron chi connectivity index (χ3n) is 3.72. The van der Waals surface area contributed by atoms with Crippen LogP contribution >= 0.6 is 11.3 Å². The van der Waals surface area contributed by atoms with Crippen molar-refractivity contribution in [1.82, 2.24) is 9.97 Å². The van der Waals surface area contributed by atoms with Crippen LogP contribution in [0.2, 0.25) is 0 Å². The fourth-order valence-electron chi connectivity index (χ4n) is 2.66. The van der Waals surface area contributed by atoms with Gasteiger partial charge in [0.2, 0.25) is 0 Å². The maximum Gasteiger partial charge on any atom is 0.346 e. The molecule has 112 valence electrons. The number of hydrogen-bond acceptors (Lipinski definition) is 5. The van der Waals surface area contributed by atoms with Crippen molar-refractivity contribution in [1.29, 1.82) is 0 Å². The molecule has 0 radical (unpaired) electrons. The van der Waals surface area contributed by atoms with Crippen LogP contribution in [0.3, 0.4) is 0 Å². The third-order valence-corrected chi connectivity index (χ3v) is 4.91. The van der Waals surface area contributed by atoms with Gasteiger partial charge in [-0.1, -0.05) is 13.8 Å². The summed E-state index contributed by atoms with van der Waals surface area (Å²) in [5.41, 5.74) is 0.785. The number of anilines is 1. The van der Waals surface area contributed by atoms with Crippen LogP contribution in [0, 0.1) is 12.8 Å². The van der Waals surface area contributed by atoms with Crippen molar-refractivity contribution < 1.29 is 9.90 Å². The maximum atomic E-state index is 11.3. The molecule has 0 spiro atoms. The van der Waals surface area contributed by atoms with Gasteiger partial charge in [-0.25, -0.2) is 14.8 Å². The number of hydrogen-bond donors (Lipinski definition) is 1. The molecule has 0 aromatic carbocycles. The molecule has 0 atom stereocenters. The molecule has 21 heavy (non-hydrogen) atoms. The van der Waals surface area contributed by atoms with Gasteiger partial charge in [-0.3, -0.25) is 0 Å². The molecule has 1 aliphatic carbocycles. The number of thiophene rings is 1. The summed E-state index contributed by atoms with van der Waals surface area (Å²) in [5, 5.41) is 10.2. The third kappa shape index (κ3) is 2.60. The predicted octanol–water partition coefficient (Wildman–Crippen LogP) is 3.32. The van der Waals surface area contributed by atoms with Crippen LogP contribution in [0.5, 0.6) is 0 Å². The van der Waals surface area contributed by atoms with E-state index in [2.05, 4.69) is 28.7 Å². The minimum absolute atomic E-state index is 0.368. The van der Waals surface area contributed by atoms with Gasteiger partial charge >= 0.3 is 5.97 Å². The lowest BCUT2D eigenvalue weighted by molar-refractivity contribution is 0.0701. The van der Waals surface area contributed by atoms with Gasteiger partial charge in [0, 0.05) is 12.6 Å². The van der Waals surface area contributed by atoms with Crippen LogP contribution in [0.25, 0.3) is 10.2 Å². The average molecular weight is 305 g/mol. The van der Waals surface area contributed by atoms with Crippen molar-refractivity contribution in [3.05, 3.63) is 16.8 Å². The summed E-state index contributed by atoms with van der Waals surface area (Å²) in [6, 6.07) is 0.540. The van der Waals surface area contributed by atoms with Crippen molar-refractivity contribution in [3.63, 3.8) is 0 Å². The van der Waals surface area contributed by atoms with Crippen molar-refractivity contribution in [2.24, 2.45) is 5.92 Å². The van der Waals surface area contributed by atoms with Crippen LogP contribution in [-0.4, -0.2) is 33.6 Å². The van der Waals surface area contributed by atoms with Gasteiger partial charge in [-0.2, -0.15) is 0 Å². The van der Waals surface area contributed by atoms with Gasteiger partial charge in [0.15, 0.2) is 0 Å². The summed E-state index contributed by atoms with van der Waals surface area (Å²) < 4.78 is 0. The molecule has 2 aromatic rings. The molecule has 3 rings (SSSR count). The number of carboxylic acid groups (broad SMARTS) is 1. The maximum absolute atomic E-state index is 11.3. The first-order chi connectivity index (χ1) is 9.99. The second-order valence-corrected chi connectivity index (χ2v) is 7.02. The van der Waals surface area contributed by atoms with E-state index >= 15 is 0 Å². The number of nitrogens with zero attached hydrogens (tertiary/aromatic N) is 3. The standard InChI is InChI=1S/C15H19N3O2S/c1-8(2)6-18(10-4-5-10)13-11-9(3)12(15(19)20)21-14(11)17-7-16-13/h7-8,10H,4-6H2,1-3H3,(H,19,20). The lowest BCUT2D eigenvalue weighted by Crippen LogP contribution is -2.30. The Morgan fingerprint density at radius 2 is 2.19 bits per heavy atom. The number of fused-ring (bicyclic) bond motifs is 1.